The Morgan fingerprint density at radius 2 is 2.36 bits per heavy atom. The van der Waals surface area contributed by atoms with Crippen LogP contribution in [0.5, 0.6) is 0 Å². The molecule has 1 aromatic rings. The molecule has 1 saturated carbocycles. The van der Waals surface area contributed by atoms with Crippen molar-refractivity contribution < 1.29 is 0 Å². The zero-order chi connectivity index (χ0) is 9.60. The number of aromatic nitrogens is 1. The first kappa shape index (κ1) is 8.69. The van der Waals surface area contributed by atoms with Gasteiger partial charge in [0.25, 0.3) is 0 Å². The predicted molar refractivity (Wildman–Crippen MR) is 56.3 cm³/mol. The molecule has 14 heavy (non-hydrogen) atoms. The Balaban J connectivity index is 1.98. The van der Waals surface area contributed by atoms with Crippen LogP contribution in [0.1, 0.15) is 24.8 Å². The number of nitrogens with zero attached hydrogens (tertiary/aromatic N) is 1. The van der Waals surface area contributed by atoms with Gasteiger partial charge in [0.15, 0.2) is 0 Å². The second-order valence-corrected chi connectivity index (χ2v) is 4.68. The Bertz CT molecular complexity index is 349. The molecule has 74 valence electrons. The van der Waals surface area contributed by atoms with E-state index < -0.39 is 0 Å². The Hall–Kier alpha value is -0.600. The molecular weight excluding hydrogens is 196 g/mol. The highest BCUT2D eigenvalue weighted by atomic mass is 35.5. The van der Waals surface area contributed by atoms with Gasteiger partial charge in [0, 0.05) is 11.7 Å². The summed E-state index contributed by atoms with van der Waals surface area (Å²) in [6.45, 7) is 1.15. The molecule has 0 spiro atoms. The molecule has 2 unspecified atom stereocenters. The molecule has 0 amide bonds. The van der Waals surface area contributed by atoms with Gasteiger partial charge in [-0.25, -0.2) is 4.98 Å². The van der Waals surface area contributed by atoms with E-state index in [-0.39, 0.29) is 5.54 Å². The fraction of sp³-hybridized carbons (Fsp3) is 0.545. The molecule has 0 bridgehead atoms. The predicted octanol–water partition coefficient (Wildman–Crippen LogP) is 2.33. The minimum atomic E-state index is 0.248. The second kappa shape index (κ2) is 2.94. The third-order valence-electron chi connectivity index (χ3n) is 3.76. The molecule has 1 aliphatic carbocycles. The van der Waals surface area contributed by atoms with Crippen LogP contribution in [-0.4, -0.2) is 11.5 Å². The maximum atomic E-state index is 5.79. The zero-order valence-corrected chi connectivity index (χ0v) is 8.72. The average Bonchev–Trinajstić information content (AvgIpc) is 2.45. The topological polar surface area (TPSA) is 24.9 Å². The SMILES string of the molecule is Clc1ccc(C23CCC2CCN3)cn1. The van der Waals surface area contributed by atoms with Gasteiger partial charge < -0.3 is 5.32 Å². The van der Waals surface area contributed by atoms with E-state index in [1.54, 1.807) is 0 Å². The molecule has 2 heterocycles. The van der Waals surface area contributed by atoms with Gasteiger partial charge in [-0.15, -0.1) is 0 Å². The van der Waals surface area contributed by atoms with Crippen molar-refractivity contribution in [2.75, 3.05) is 6.54 Å². The summed E-state index contributed by atoms with van der Waals surface area (Å²) in [5, 5.41) is 4.20. The third kappa shape index (κ3) is 1.04. The lowest BCUT2D eigenvalue weighted by Gasteiger charge is -2.45. The van der Waals surface area contributed by atoms with Crippen molar-refractivity contribution in [2.45, 2.75) is 24.8 Å². The Morgan fingerprint density at radius 3 is 2.93 bits per heavy atom. The maximum Gasteiger partial charge on any atom is 0.129 e. The molecule has 3 rings (SSSR count). The van der Waals surface area contributed by atoms with Gasteiger partial charge in [0.05, 0.1) is 0 Å². The van der Waals surface area contributed by atoms with Gasteiger partial charge in [-0.3, -0.25) is 0 Å². The molecule has 2 atom stereocenters. The molecule has 3 heteroatoms. The number of fused-ring (bicyclic) bond motifs is 1. The number of hydrogen-bond acceptors (Lipinski definition) is 2. The highest BCUT2D eigenvalue weighted by molar-refractivity contribution is 6.29. The fourth-order valence-corrected chi connectivity index (χ4v) is 2.96. The smallest absolute Gasteiger partial charge is 0.129 e. The monoisotopic (exact) mass is 208 g/mol. The van der Waals surface area contributed by atoms with Gasteiger partial charge in [-0.2, -0.15) is 0 Å². The summed E-state index contributed by atoms with van der Waals surface area (Å²) in [5.74, 6) is 0.825. The number of pyridine rings is 1. The van der Waals surface area contributed by atoms with Crippen LogP contribution in [0.15, 0.2) is 18.3 Å². The van der Waals surface area contributed by atoms with Crippen LogP contribution in [0, 0.1) is 5.92 Å². The van der Waals surface area contributed by atoms with E-state index >= 15 is 0 Å². The molecule has 0 radical (unpaired) electrons. The van der Waals surface area contributed by atoms with Crippen molar-refractivity contribution in [3.8, 4) is 0 Å². The summed E-state index contributed by atoms with van der Waals surface area (Å²) in [5.41, 5.74) is 1.56. The molecular formula is C11H13ClN2. The van der Waals surface area contributed by atoms with Gasteiger partial charge in [-0.05, 0) is 43.4 Å². The van der Waals surface area contributed by atoms with Crippen LogP contribution in [-0.2, 0) is 5.54 Å². The van der Waals surface area contributed by atoms with Gasteiger partial charge in [0.1, 0.15) is 5.15 Å². The van der Waals surface area contributed by atoms with E-state index in [1.807, 2.05) is 12.3 Å². The number of hydrogen-bond donors (Lipinski definition) is 1. The van der Waals surface area contributed by atoms with Crippen molar-refractivity contribution in [1.82, 2.24) is 10.3 Å². The highest BCUT2D eigenvalue weighted by Crippen LogP contribution is 2.51. The molecule has 0 aromatic carbocycles. The molecule has 1 N–H and O–H groups in total. The Labute approximate surface area is 88.7 Å². The summed E-state index contributed by atoms with van der Waals surface area (Å²) in [4.78, 5) is 4.16. The first-order valence-corrected chi connectivity index (χ1v) is 5.56. The lowest BCUT2D eigenvalue weighted by Crippen LogP contribution is -2.49. The van der Waals surface area contributed by atoms with Gasteiger partial charge in [-0.1, -0.05) is 17.7 Å². The summed E-state index contributed by atoms with van der Waals surface area (Å²) in [7, 11) is 0. The minimum Gasteiger partial charge on any atom is -0.307 e. The molecule has 1 aliphatic heterocycles. The first-order chi connectivity index (χ1) is 6.81. The quantitative estimate of drug-likeness (QED) is 0.717. The lowest BCUT2D eigenvalue weighted by molar-refractivity contribution is 0.136. The van der Waals surface area contributed by atoms with E-state index in [1.165, 1.54) is 24.8 Å². The van der Waals surface area contributed by atoms with Crippen LogP contribution in [0.3, 0.4) is 0 Å². The van der Waals surface area contributed by atoms with Crippen molar-refractivity contribution in [2.24, 2.45) is 5.92 Å². The molecule has 1 aromatic heterocycles. The van der Waals surface area contributed by atoms with Gasteiger partial charge >= 0.3 is 0 Å². The minimum absolute atomic E-state index is 0.248. The van der Waals surface area contributed by atoms with Crippen LogP contribution in [0.2, 0.25) is 5.15 Å². The van der Waals surface area contributed by atoms with Crippen molar-refractivity contribution >= 4 is 11.6 Å². The fourth-order valence-electron chi connectivity index (χ4n) is 2.85. The zero-order valence-electron chi connectivity index (χ0n) is 7.96. The molecule has 2 aliphatic rings. The van der Waals surface area contributed by atoms with E-state index in [2.05, 4.69) is 16.4 Å². The lowest BCUT2D eigenvalue weighted by atomic mass is 9.65. The number of halogens is 1. The molecule has 2 fully saturated rings. The van der Waals surface area contributed by atoms with Crippen LogP contribution < -0.4 is 5.32 Å². The maximum absolute atomic E-state index is 5.79. The van der Waals surface area contributed by atoms with Crippen LogP contribution in [0.4, 0.5) is 0 Å². The third-order valence-corrected chi connectivity index (χ3v) is 3.98. The normalized spacial score (nSPS) is 35.1. The van der Waals surface area contributed by atoms with E-state index in [0.717, 1.165) is 12.5 Å². The first-order valence-electron chi connectivity index (χ1n) is 5.18. The summed E-state index contributed by atoms with van der Waals surface area (Å²) >= 11 is 5.79. The number of nitrogens with one attached hydrogen (secondary N) is 1. The van der Waals surface area contributed by atoms with Crippen molar-refractivity contribution in [3.63, 3.8) is 0 Å². The molecule has 2 nitrogen and oxygen atoms in total. The molecule has 1 saturated heterocycles. The Kier molecular flexibility index (Phi) is 1.83. The second-order valence-electron chi connectivity index (χ2n) is 4.29. The van der Waals surface area contributed by atoms with Crippen LogP contribution >= 0.6 is 11.6 Å². The van der Waals surface area contributed by atoms with Crippen molar-refractivity contribution in [3.05, 3.63) is 29.0 Å². The van der Waals surface area contributed by atoms with E-state index in [0.29, 0.717) is 5.15 Å². The number of rotatable bonds is 1. The largest absolute Gasteiger partial charge is 0.307 e. The average molecular weight is 209 g/mol. The highest BCUT2D eigenvalue weighted by Gasteiger charge is 2.50. The summed E-state index contributed by atoms with van der Waals surface area (Å²) < 4.78 is 0. The van der Waals surface area contributed by atoms with Crippen molar-refractivity contribution in [1.29, 1.82) is 0 Å². The van der Waals surface area contributed by atoms with Crippen LogP contribution in [0.25, 0.3) is 0 Å². The van der Waals surface area contributed by atoms with Gasteiger partial charge in [0.2, 0.25) is 0 Å². The standard InChI is InChI=1S/C11H13ClN2/c12-10-2-1-9(7-13-10)11-5-3-8(11)4-6-14-11/h1-2,7-8,14H,3-6H2. The van der Waals surface area contributed by atoms with E-state index in [4.69, 9.17) is 11.6 Å². The summed E-state index contributed by atoms with van der Waals surface area (Å²) in [6, 6.07) is 4.00. The Morgan fingerprint density at radius 1 is 1.43 bits per heavy atom. The van der Waals surface area contributed by atoms with E-state index in [9.17, 15) is 0 Å². The summed E-state index contributed by atoms with van der Waals surface area (Å²) in [6.07, 6.45) is 5.84.